The van der Waals surface area contributed by atoms with E-state index in [1.54, 1.807) is 18.4 Å². The van der Waals surface area contributed by atoms with E-state index < -0.39 is 0 Å². The molecule has 0 aromatic carbocycles. The van der Waals surface area contributed by atoms with Gasteiger partial charge in [0.2, 0.25) is 0 Å². The largest absolute Gasteiger partial charge is 0.383 e. The number of rotatable bonds is 7. The van der Waals surface area contributed by atoms with Crippen LogP contribution in [0.1, 0.15) is 37.6 Å². The molecule has 1 rings (SSSR count). The monoisotopic (exact) mass is 305 g/mol. The molecule has 1 heterocycles. The Hall–Kier alpha value is 0.1000. The molecule has 0 saturated carbocycles. The van der Waals surface area contributed by atoms with Crippen molar-refractivity contribution < 1.29 is 4.74 Å². The van der Waals surface area contributed by atoms with Crippen LogP contribution >= 0.6 is 27.3 Å². The zero-order valence-corrected chi connectivity index (χ0v) is 12.5. The molecule has 0 amide bonds. The summed E-state index contributed by atoms with van der Waals surface area (Å²) in [6, 6.07) is 3.02. The summed E-state index contributed by atoms with van der Waals surface area (Å²) in [5.74, 6) is 0. The Kier molecular flexibility index (Phi) is 6.58. The van der Waals surface area contributed by atoms with E-state index in [0.29, 0.717) is 12.1 Å². The van der Waals surface area contributed by atoms with Gasteiger partial charge < -0.3 is 10.1 Å². The maximum atomic E-state index is 5.23. The Morgan fingerprint density at radius 3 is 2.81 bits per heavy atom. The minimum absolute atomic E-state index is 0.392. The van der Waals surface area contributed by atoms with Gasteiger partial charge in [-0.3, -0.25) is 0 Å². The molecule has 2 nitrogen and oxygen atoms in total. The van der Waals surface area contributed by atoms with E-state index in [0.717, 1.165) is 13.0 Å². The second-order valence-corrected chi connectivity index (χ2v) is 5.86. The first kappa shape index (κ1) is 14.2. The van der Waals surface area contributed by atoms with Gasteiger partial charge in [-0.25, -0.2) is 0 Å². The van der Waals surface area contributed by atoms with Gasteiger partial charge in [-0.15, -0.1) is 11.3 Å². The Morgan fingerprint density at radius 2 is 2.31 bits per heavy atom. The molecule has 0 aliphatic rings. The lowest BCUT2D eigenvalue weighted by atomic mass is 10.1. The van der Waals surface area contributed by atoms with E-state index in [1.165, 1.54) is 15.8 Å². The van der Waals surface area contributed by atoms with Crippen molar-refractivity contribution in [2.24, 2.45) is 0 Å². The highest BCUT2D eigenvalue weighted by Crippen LogP contribution is 2.25. The Labute approximate surface area is 111 Å². The zero-order valence-electron chi connectivity index (χ0n) is 10.1. The summed E-state index contributed by atoms with van der Waals surface area (Å²) in [4.78, 5) is 1.36. The van der Waals surface area contributed by atoms with Gasteiger partial charge in [0.15, 0.2) is 0 Å². The van der Waals surface area contributed by atoms with Gasteiger partial charge in [0.1, 0.15) is 0 Å². The smallest absolute Gasteiger partial charge is 0.0616 e. The van der Waals surface area contributed by atoms with E-state index in [4.69, 9.17) is 4.74 Å². The molecule has 2 unspecified atom stereocenters. The van der Waals surface area contributed by atoms with Crippen LogP contribution < -0.4 is 5.32 Å². The average molecular weight is 306 g/mol. The standard InChI is InChI=1S/C12H20BrNOS/c1-4-5-11(7-15-3)14-9(2)12-6-10(13)8-16-12/h6,8-9,11,14H,4-5,7H2,1-3H3. The topological polar surface area (TPSA) is 21.3 Å². The minimum atomic E-state index is 0.392. The summed E-state index contributed by atoms with van der Waals surface area (Å²) >= 11 is 5.27. The second-order valence-electron chi connectivity index (χ2n) is 4.00. The lowest BCUT2D eigenvalue weighted by molar-refractivity contribution is 0.157. The molecule has 1 aromatic heterocycles. The summed E-state index contributed by atoms with van der Waals surface area (Å²) in [5, 5.41) is 5.74. The molecule has 92 valence electrons. The zero-order chi connectivity index (χ0) is 12.0. The molecule has 0 bridgehead atoms. The van der Waals surface area contributed by atoms with Crippen LogP contribution in [0.25, 0.3) is 0 Å². The second kappa shape index (κ2) is 7.43. The molecular formula is C12H20BrNOS. The molecule has 4 heteroatoms. The maximum absolute atomic E-state index is 5.23. The van der Waals surface area contributed by atoms with Gasteiger partial charge in [-0.2, -0.15) is 0 Å². The number of nitrogens with one attached hydrogen (secondary N) is 1. The van der Waals surface area contributed by atoms with Crippen LogP contribution in [0.2, 0.25) is 0 Å². The highest BCUT2D eigenvalue weighted by molar-refractivity contribution is 9.10. The molecular weight excluding hydrogens is 286 g/mol. The van der Waals surface area contributed by atoms with Crippen LogP contribution in [-0.2, 0) is 4.74 Å². The third kappa shape index (κ3) is 4.53. The number of thiophene rings is 1. The highest BCUT2D eigenvalue weighted by atomic mass is 79.9. The summed E-state index contributed by atoms with van der Waals surface area (Å²) in [7, 11) is 1.76. The van der Waals surface area contributed by atoms with Gasteiger partial charge in [0, 0.05) is 33.9 Å². The van der Waals surface area contributed by atoms with Gasteiger partial charge in [-0.1, -0.05) is 13.3 Å². The molecule has 0 aliphatic heterocycles. The molecule has 2 atom stereocenters. The highest BCUT2D eigenvalue weighted by Gasteiger charge is 2.13. The van der Waals surface area contributed by atoms with E-state index in [1.807, 2.05) is 0 Å². The van der Waals surface area contributed by atoms with Gasteiger partial charge in [-0.05, 0) is 35.3 Å². The number of methoxy groups -OCH3 is 1. The van der Waals surface area contributed by atoms with Crippen LogP contribution in [0.15, 0.2) is 15.9 Å². The SMILES string of the molecule is CCCC(COC)NC(C)c1cc(Br)cs1. The first-order valence-corrected chi connectivity index (χ1v) is 7.33. The van der Waals surface area contributed by atoms with Gasteiger partial charge >= 0.3 is 0 Å². The van der Waals surface area contributed by atoms with Crippen molar-refractivity contribution in [3.05, 3.63) is 20.8 Å². The van der Waals surface area contributed by atoms with Crippen LogP contribution in [0.5, 0.6) is 0 Å². The van der Waals surface area contributed by atoms with E-state index in [2.05, 4.69) is 46.5 Å². The lowest BCUT2D eigenvalue weighted by Gasteiger charge is -2.21. The number of halogens is 1. The molecule has 0 spiro atoms. The number of hydrogen-bond donors (Lipinski definition) is 1. The van der Waals surface area contributed by atoms with Crippen molar-refractivity contribution in [1.82, 2.24) is 5.32 Å². The fourth-order valence-corrected chi connectivity index (χ4v) is 3.22. The predicted molar refractivity (Wildman–Crippen MR) is 74.1 cm³/mol. The molecule has 0 radical (unpaired) electrons. The van der Waals surface area contributed by atoms with Gasteiger partial charge in [0.05, 0.1) is 6.61 Å². The van der Waals surface area contributed by atoms with Gasteiger partial charge in [0.25, 0.3) is 0 Å². The fourth-order valence-electron chi connectivity index (χ4n) is 1.76. The van der Waals surface area contributed by atoms with E-state index in [-0.39, 0.29) is 0 Å². The van der Waals surface area contributed by atoms with Crippen LogP contribution in [-0.4, -0.2) is 19.8 Å². The minimum Gasteiger partial charge on any atom is -0.383 e. The summed E-state index contributed by atoms with van der Waals surface area (Å²) in [6.45, 7) is 5.19. The van der Waals surface area contributed by atoms with Crippen molar-refractivity contribution in [1.29, 1.82) is 0 Å². The quantitative estimate of drug-likeness (QED) is 0.823. The third-order valence-electron chi connectivity index (χ3n) is 2.51. The molecule has 0 saturated heterocycles. The number of ether oxygens (including phenoxy) is 1. The van der Waals surface area contributed by atoms with Crippen molar-refractivity contribution in [2.45, 2.75) is 38.8 Å². The lowest BCUT2D eigenvalue weighted by Crippen LogP contribution is -2.34. The maximum Gasteiger partial charge on any atom is 0.0616 e. The molecule has 0 fully saturated rings. The molecule has 16 heavy (non-hydrogen) atoms. The van der Waals surface area contributed by atoms with E-state index >= 15 is 0 Å². The normalized spacial score (nSPS) is 15.0. The number of hydrogen-bond acceptors (Lipinski definition) is 3. The fraction of sp³-hybridized carbons (Fsp3) is 0.667. The Bertz CT molecular complexity index is 297. The summed E-state index contributed by atoms with van der Waals surface area (Å²) < 4.78 is 6.40. The summed E-state index contributed by atoms with van der Waals surface area (Å²) in [6.07, 6.45) is 2.34. The van der Waals surface area contributed by atoms with Crippen molar-refractivity contribution in [3.63, 3.8) is 0 Å². The predicted octanol–water partition coefficient (Wildman–Crippen LogP) is 3.98. The first-order valence-electron chi connectivity index (χ1n) is 5.66. The van der Waals surface area contributed by atoms with Crippen LogP contribution in [0.3, 0.4) is 0 Å². The van der Waals surface area contributed by atoms with Crippen LogP contribution in [0, 0.1) is 0 Å². The molecule has 0 aliphatic carbocycles. The van der Waals surface area contributed by atoms with Crippen molar-refractivity contribution >= 4 is 27.3 Å². The molecule has 1 N–H and O–H groups in total. The van der Waals surface area contributed by atoms with Crippen molar-refractivity contribution in [3.8, 4) is 0 Å². The van der Waals surface area contributed by atoms with Crippen molar-refractivity contribution in [2.75, 3.05) is 13.7 Å². The average Bonchev–Trinajstić information content (AvgIpc) is 2.65. The van der Waals surface area contributed by atoms with E-state index in [9.17, 15) is 0 Å². The third-order valence-corrected chi connectivity index (χ3v) is 4.38. The molecule has 1 aromatic rings. The Morgan fingerprint density at radius 1 is 1.56 bits per heavy atom. The van der Waals surface area contributed by atoms with Crippen LogP contribution in [0.4, 0.5) is 0 Å². The summed E-state index contributed by atoms with van der Waals surface area (Å²) in [5.41, 5.74) is 0. The first-order chi connectivity index (χ1) is 7.67. The Balaban J connectivity index is 2.50.